The summed E-state index contributed by atoms with van der Waals surface area (Å²) < 4.78 is 0. The molecule has 1 fully saturated rings. The molecule has 5 heteroatoms. The second-order valence-corrected chi connectivity index (χ2v) is 7.03. The first-order valence-corrected chi connectivity index (χ1v) is 8.88. The Morgan fingerprint density at radius 2 is 1.91 bits per heavy atom. The van der Waals surface area contributed by atoms with Crippen LogP contribution in [0.3, 0.4) is 0 Å². The lowest BCUT2D eigenvalue weighted by atomic mass is 10.1. The van der Waals surface area contributed by atoms with Crippen molar-refractivity contribution < 1.29 is 4.79 Å². The smallest absolute Gasteiger partial charge is 0.238 e. The lowest BCUT2D eigenvalue weighted by Gasteiger charge is -2.25. The van der Waals surface area contributed by atoms with E-state index in [4.69, 9.17) is 23.2 Å². The summed E-state index contributed by atoms with van der Waals surface area (Å²) in [6.07, 6.45) is 0.982. The molecule has 0 saturated carbocycles. The lowest BCUT2D eigenvalue weighted by molar-refractivity contribution is -0.115. The maximum atomic E-state index is 12.3. The van der Waals surface area contributed by atoms with Gasteiger partial charge in [-0.05, 0) is 36.2 Å². The normalized spacial score (nSPS) is 18.0. The first kappa shape index (κ1) is 15.7. The summed E-state index contributed by atoms with van der Waals surface area (Å²) in [4.78, 5) is 14.1. The van der Waals surface area contributed by atoms with Crippen LogP contribution in [0.5, 0.6) is 0 Å². The number of halogens is 2. The Hall–Kier alpha value is -1.16. The minimum absolute atomic E-state index is 0.102. The van der Waals surface area contributed by atoms with Crippen LogP contribution in [0.2, 0.25) is 10.0 Å². The van der Waals surface area contributed by atoms with Crippen molar-refractivity contribution in [2.75, 3.05) is 10.7 Å². The number of carbonyl (C=O) groups is 1. The van der Waals surface area contributed by atoms with E-state index in [1.807, 2.05) is 29.2 Å². The Morgan fingerprint density at radius 3 is 2.55 bits per heavy atom. The van der Waals surface area contributed by atoms with Gasteiger partial charge in [-0.25, -0.2) is 0 Å². The summed E-state index contributed by atoms with van der Waals surface area (Å²) in [7, 11) is 0. The first-order chi connectivity index (χ1) is 10.6. The summed E-state index contributed by atoms with van der Waals surface area (Å²) >= 11 is 13.9. The van der Waals surface area contributed by atoms with Crippen molar-refractivity contribution in [2.24, 2.45) is 0 Å². The second kappa shape index (κ2) is 6.53. The third-order valence-corrected chi connectivity index (χ3v) is 5.48. The van der Waals surface area contributed by atoms with Gasteiger partial charge < -0.3 is 0 Å². The topological polar surface area (TPSA) is 20.3 Å². The average Bonchev–Trinajstić information content (AvgIpc) is 2.89. The van der Waals surface area contributed by atoms with E-state index >= 15 is 0 Å². The highest BCUT2D eigenvalue weighted by atomic mass is 35.5. The van der Waals surface area contributed by atoms with Gasteiger partial charge in [0.1, 0.15) is 5.37 Å². The van der Waals surface area contributed by atoms with Gasteiger partial charge in [0.15, 0.2) is 0 Å². The fraction of sp³-hybridized carbons (Fsp3) is 0.235. The van der Waals surface area contributed by atoms with Crippen LogP contribution in [-0.4, -0.2) is 11.7 Å². The van der Waals surface area contributed by atoms with Crippen LogP contribution in [0.4, 0.5) is 5.69 Å². The van der Waals surface area contributed by atoms with E-state index in [0.29, 0.717) is 15.8 Å². The van der Waals surface area contributed by atoms with E-state index in [0.717, 1.165) is 17.7 Å². The van der Waals surface area contributed by atoms with Crippen molar-refractivity contribution in [1.82, 2.24) is 0 Å². The van der Waals surface area contributed by atoms with Crippen LogP contribution < -0.4 is 4.90 Å². The van der Waals surface area contributed by atoms with Crippen LogP contribution in [-0.2, 0) is 11.2 Å². The lowest BCUT2D eigenvalue weighted by Crippen LogP contribution is -2.27. The molecule has 1 aliphatic rings. The van der Waals surface area contributed by atoms with Crippen molar-refractivity contribution >= 4 is 46.6 Å². The molecule has 3 rings (SSSR count). The molecule has 114 valence electrons. The highest BCUT2D eigenvalue weighted by Gasteiger charge is 2.35. The van der Waals surface area contributed by atoms with E-state index in [1.165, 1.54) is 5.56 Å². The van der Waals surface area contributed by atoms with Gasteiger partial charge in [-0.1, -0.05) is 48.3 Å². The quantitative estimate of drug-likeness (QED) is 0.744. The zero-order valence-corrected chi connectivity index (χ0v) is 14.4. The highest BCUT2D eigenvalue weighted by molar-refractivity contribution is 8.00. The van der Waals surface area contributed by atoms with Crippen molar-refractivity contribution in [1.29, 1.82) is 0 Å². The molecule has 2 aromatic rings. The van der Waals surface area contributed by atoms with Crippen LogP contribution >= 0.6 is 35.0 Å². The Balaban J connectivity index is 1.98. The van der Waals surface area contributed by atoms with Gasteiger partial charge in [0.25, 0.3) is 0 Å². The van der Waals surface area contributed by atoms with Gasteiger partial charge in [-0.3, -0.25) is 9.69 Å². The van der Waals surface area contributed by atoms with E-state index in [-0.39, 0.29) is 11.3 Å². The number of carbonyl (C=O) groups excluding carboxylic acids is 1. The van der Waals surface area contributed by atoms with Gasteiger partial charge in [0, 0.05) is 21.3 Å². The molecule has 2 aromatic carbocycles. The van der Waals surface area contributed by atoms with Crippen molar-refractivity contribution in [2.45, 2.75) is 18.7 Å². The number of nitrogens with zero attached hydrogens (tertiary/aromatic N) is 1. The summed E-state index contributed by atoms with van der Waals surface area (Å²) in [5.41, 5.74) is 3.08. The fourth-order valence-corrected chi connectivity index (χ4v) is 4.32. The predicted octanol–water partition coefficient (Wildman–Crippen LogP) is 5.33. The van der Waals surface area contributed by atoms with E-state index in [1.54, 1.807) is 17.8 Å². The van der Waals surface area contributed by atoms with Crippen molar-refractivity contribution in [3.8, 4) is 0 Å². The molecule has 0 aromatic heterocycles. The monoisotopic (exact) mass is 351 g/mol. The average molecular weight is 352 g/mol. The second-order valence-electron chi connectivity index (χ2n) is 5.11. The third kappa shape index (κ3) is 2.98. The molecule has 1 aliphatic heterocycles. The maximum Gasteiger partial charge on any atom is 0.238 e. The molecule has 2 nitrogen and oxygen atoms in total. The Labute approximate surface area is 144 Å². The van der Waals surface area contributed by atoms with Crippen LogP contribution in [0, 0.1) is 0 Å². The maximum absolute atomic E-state index is 12.3. The van der Waals surface area contributed by atoms with Gasteiger partial charge >= 0.3 is 0 Å². The summed E-state index contributed by atoms with van der Waals surface area (Å²) in [6, 6.07) is 13.6. The molecule has 0 N–H and O–H groups in total. The van der Waals surface area contributed by atoms with Gasteiger partial charge in [-0.2, -0.15) is 0 Å². The van der Waals surface area contributed by atoms with Crippen LogP contribution in [0.15, 0.2) is 42.5 Å². The molecule has 1 heterocycles. The summed E-state index contributed by atoms with van der Waals surface area (Å²) in [6.45, 7) is 2.11. The molecule has 1 atom stereocenters. The zero-order valence-electron chi connectivity index (χ0n) is 12.1. The SMILES string of the molecule is CCc1ccc(N2C(=O)CS[C@@H]2c2ccc(Cl)cc2Cl)cc1. The fourth-order valence-electron chi connectivity index (χ4n) is 2.53. The standard InChI is InChI=1S/C17H15Cl2NOS/c1-2-11-3-6-13(7-4-11)20-16(21)10-22-17(20)14-8-5-12(18)9-15(14)19/h3-9,17H,2,10H2,1H3/t17-/m1/s1. The molecular weight excluding hydrogens is 337 g/mol. The molecule has 0 unspecified atom stereocenters. The van der Waals surface area contributed by atoms with E-state index in [9.17, 15) is 4.79 Å². The number of aryl methyl sites for hydroxylation is 1. The summed E-state index contributed by atoms with van der Waals surface area (Å²) in [5.74, 6) is 0.560. The van der Waals surface area contributed by atoms with Gasteiger partial charge in [-0.15, -0.1) is 11.8 Å². The first-order valence-electron chi connectivity index (χ1n) is 7.07. The highest BCUT2D eigenvalue weighted by Crippen LogP contribution is 2.44. The Kier molecular flexibility index (Phi) is 4.67. The number of hydrogen-bond acceptors (Lipinski definition) is 2. The van der Waals surface area contributed by atoms with Gasteiger partial charge in [0.05, 0.1) is 5.75 Å². The molecule has 22 heavy (non-hydrogen) atoms. The van der Waals surface area contributed by atoms with E-state index in [2.05, 4.69) is 19.1 Å². The largest absolute Gasteiger partial charge is 0.295 e. The molecule has 0 aliphatic carbocycles. The number of thioether (sulfide) groups is 1. The third-order valence-electron chi connectivity index (χ3n) is 3.72. The summed E-state index contributed by atoms with van der Waals surface area (Å²) in [5, 5.41) is 1.08. The minimum atomic E-state index is -0.107. The predicted molar refractivity (Wildman–Crippen MR) is 95.0 cm³/mol. The van der Waals surface area contributed by atoms with Crippen LogP contribution in [0.1, 0.15) is 23.4 Å². The number of rotatable bonds is 3. The Morgan fingerprint density at radius 1 is 1.18 bits per heavy atom. The number of anilines is 1. The number of hydrogen-bond donors (Lipinski definition) is 0. The molecule has 0 spiro atoms. The number of benzene rings is 2. The molecule has 0 bridgehead atoms. The van der Waals surface area contributed by atoms with Crippen LogP contribution in [0.25, 0.3) is 0 Å². The van der Waals surface area contributed by atoms with Gasteiger partial charge in [0.2, 0.25) is 5.91 Å². The van der Waals surface area contributed by atoms with E-state index < -0.39 is 0 Å². The minimum Gasteiger partial charge on any atom is -0.295 e. The Bertz CT molecular complexity index is 702. The molecule has 0 radical (unpaired) electrons. The number of amides is 1. The van der Waals surface area contributed by atoms with Crippen molar-refractivity contribution in [3.63, 3.8) is 0 Å². The molecule has 1 saturated heterocycles. The molecular formula is C17H15Cl2NOS. The molecule has 1 amide bonds. The van der Waals surface area contributed by atoms with Crippen molar-refractivity contribution in [3.05, 3.63) is 63.6 Å². The zero-order chi connectivity index (χ0) is 15.7.